The minimum Gasteiger partial charge on any atom is -0.458 e. The Bertz CT molecular complexity index is 1360. The van der Waals surface area contributed by atoms with Gasteiger partial charge in [-0.05, 0) is 85.9 Å². The first-order valence-corrected chi connectivity index (χ1v) is 13.0. The maximum atomic E-state index is 6.57. The predicted molar refractivity (Wildman–Crippen MR) is 143 cm³/mol. The van der Waals surface area contributed by atoms with Crippen LogP contribution in [-0.2, 0) is 21.7 Å². The molecule has 35 heavy (non-hydrogen) atoms. The van der Waals surface area contributed by atoms with Crippen molar-refractivity contribution in [3.8, 4) is 23.1 Å². The number of rotatable bonds is 0. The largest absolute Gasteiger partial charge is 0.458 e. The van der Waals surface area contributed by atoms with Gasteiger partial charge in [-0.1, -0.05) is 67.5 Å². The maximum absolute atomic E-state index is 6.57. The Labute approximate surface area is 209 Å². The number of hydrogen-bond donors (Lipinski definition) is 0. The van der Waals surface area contributed by atoms with E-state index in [0.717, 1.165) is 35.6 Å². The molecule has 0 bridgehead atoms. The van der Waals surface area contributed by atoms with E-state index in [1.807, 2.05) is 12.3 Å². The third-order valence-electron chi connectivity index (χ3n) is 9.23. The number of ether oxygens (including phenoxy) is 2. The van der Waals surface area contributed by atoms with Gasteiger partial charge in [0.15, 0.2) is 0 Å². The first kappa shape index (κ1) is 21.5. The van der Waals surface area contributed by atoms with Gasteiger partial charge in [0.25, 0.3) is 6.71 Å². The van der Waals surface area contributed by atoms with E-state index in [-0.39, 0.29) is 28.4 Å². The summed E-state index contributed by atoms with van der Waals surface area (Å²) in [5.41, 5.74) is 9.80. The van der Waals surface area contributed by atoms with Crippen LogP contribution in [0.5, 0.6) is 23.1 Å². The summed E-state index contributed by atoms with van der Waals surface area (Å²) < 4.78 is 13.1. The SMILES string of the molecule is CC1(C)CC(C)(C)c2cc3c(cc21)Oc1ccnc2c1B3c1cc3c(cc1O2)C(C)(C)CC3(C)C. The van der Waals surface area contributed by atoms with Crippen LogP contribution in [0.2, 0.25) is 0 Å². The highest BCUT2D eigenvalue weighted by Gasteiger charge is 2.49. The van der Waals surface area contributed by atoms with E-state index in [4.69, 9.17) is 9.47 Å². The smallest absolute Gasteiger partial charge is 0.262 e. The second-order valence-corrected chi connectivity index (χ2v) is 13.9. The van der Waals surface area contributed by atoms with Crippen molar-refractivity contribution >= 4 is 23.1 Å². The van der Waals surface area contributed by atoms with Crippen molar-refractivity contribution in [2.24, 2.45) is 0 Å². The van der Waals surface area contributed by atoms with Crippen LogP contribution in [0.15, 0.2) is 36.5 Å². The zero-order valence-corrected chi connectivity index (χ0v) is 22.2. The molecule has 7 rings (SSSR count). The Morgan fingerprint density at radius 1 is 0.629 bits per heavy atom. The Balaban J connectivity index is 1.52. The van der Waals surface area contributed by atoms with Crippen LogP contribution in [0.25, 0.3) is 0 Å². The van der Waals surface area contributed by atoms with Gasteiger partial charge < -0.3 is 9.47 Å². The summed E-state index contributed by atoms with van der Waals surface area (Å²) >= 11 is 0. The molecule has 3 aromatic rings. The Morgan fingerprint density at radius 3 is 1.60 bits per heavy atom. The number of aromatic nitrogens is 1. The highest BCUT2D eigenvalue weighted by molar-refractivity contribution is 6.98. The molecule has 4 heteroatoms. The minimum absolute atomic E-state index is 0.0656. The highest BCUT2D eigenvalue weighted by atomic mass is 16.5. The molecule has 0 atom stereocenters. The second-order valence-electron chi connectivity index (χ2n) is 13.9. The van der Waals surface area contributed by atoms with E-state index in [1.165, 1.54) is 33.2 Å². The average Bonchev–Trinajstić information content (AvgIpc) is 3.05. The number of nitrogens with zero attached hydrogens (tertiary/aromatic N) is 1. The Hall–Kier alpha value is -2.75. The molecular formula is C31H34BNO2. The van der Waals surface area contributed by atoms with E-state index in [1.54, 1.807) is 0 Å². The van der Waals surface area contributed by atoms with E-state index in [9.17, 15) is 0 Å². The topological polar surface area (TPSA) is 31.4 Å². The molecule has 3 heterocycles. The van der Waals surface area contributed by atoms with Gasteiger partial charge in [-0.15, -0.1) is 0 Å². The van der Waals surface area contributed by atoms with Gasteiger partial charge >= 0.3 is 0 Å². The minimum atomic E-state index is 0.0656. The Morgan fingerprint density at radius 2 is 1.09 bits per heavy atom. The van der Waals surface area contributed by atoms with Crippen molar-refractivity contribution in [3.05, 3.63) is 58.8 Å². The molecule has 2 aliphatic carbocycles. The lowest BCUT2D eigenvalue weighted by atomic mass is 9.34. The predicted octanol–water partition coefficient (Wildman–Crippen LogP) is 5.73. The van der Waals surface area contributed by atoms with Crippen molar-refractivity contribution in [2.75, 3.05) is 0 Å². The lowest BCUT2D eigenvalue weighted by Gasteiger charge is -2.34. The number of fused-ring (bicyclic) bond motifs is 6. The second kappa shape index (κ2) is 6.14. The average molecular weight is 463 g/mol. The Kier molecular flexibility index (Phi) is 3.78. The van der Waals surface area contributed by atoms with Gasteiger partial charge in [-0.3, -0.25) is 0 Å². The standard InChI is InChI=1S/C31H34BNO2/c1-28(2)15-30(5,6)19-13-24-21(11-17(19)28)32-22-12-18-20(31(7,8)16-29(18,3)4)14-25(22)35-27-26(32)23(34-24)9-10-33-27/h9-14H,15-16H2,1-8H3. The van der Waals surface area contributed by atoms with Crippen LogP contribution >= 0.6 is 0 Å². The van der Waals surface area contributed by atoms with Crippen LogP contribution in [0.3, 0.4) is 0 Å². The molecule has 2 aliphatic heterocycles. The fourth-order valence-electron chi connectivity index (χ4n) is 8.23. The molecule has 0 spiro atoms. The molecule has 0 amide bonds. The molecule has 0 fully saturated rings. The number of pyridine rings is 1. The highest BCUT2D eigenvalue weighted by Crippen LogP contribution is 2.52. The van der Waals surface area contributed by atoms with Crippen molar-refractivity contribution in [2.45, 2.75) is 89.9 Å². The van der Waals surface area contributed by atoms with Gasteiger partial charge in [0.05, 0.1) is 0 Å². The fraction of sp³-hybridized carbons (Fsp3) is 0.452. The maximum Gasteiger partial charge on any atom is 0.262 e. The fourth-order valence-corrected chi connectivity index (χ4v) is 8.23. The van der Waals surface area contributed by atoms with Crippen LogP contribution in [-0.4, -0.2) is 11.7 Å². The zero-order chi connectivity index (χ0) is 24.7. The molecule has 0 saturated carbocycles. The van der Waals surface area contributed by atoms with Crippen LogP contribution in [0.1, 0.15) is 90.5 Å². The first-order valence-electron chi connectivity index (χ1n) is 13.0. The molecular weight excluding hydrogens is 429 g/mol. The van der Waals surface area contributed by atoms with Gasteiger partial charge in [0, 0.05) is 11.7 Å². The third kappa shape index (κ3) is 2.72. The van der Waals surface area contributed by atoms with Crippen LogP contribution < -0.4 is 25.9 Å². The van der Waals surface area contributed by atoms with E-state index in [2.05, 4.69) is 84.6 Å². The number of benzene rings is 2. The molecule has 0 unspecified atom stereocenters. The van der Waals surface area contributed by atoms with E-state index >= 15 is 0 Å². The van der Waals surface area contributed by atoms with Gasteiger partial charge in [0.1, 0.15) is 17.2 Å². The van der Waals surface area contributed by atoms with Crippen molar-refractivity contribution in [1.29, 1.82) is 0 Å². The zero-order valence-electron chi connectivity index (χ0n) is 22.2. The van der Waals surface area contributed by atoms with E-state index < -0.39 is 0 Å². The summed E-state index contributed by atoms with van der Waals surface area (Å²) in [6, 6.07) is 11.5. The monoisotopic (exact) mass is 463 g/mol. The summed E-state index contributed by atoms with van der Waals surface area (Å²) in [6.07, 6.45) is 4.08. The molecule has 0 N–H and O–H groups in total. The quantitative estimate of drug-likeness (QED) is 0.275. The first-order chi connectivity index (χ1) is 16.3. The molecule has 2 aromatic carbocycles. The third-order valence-corrected chi connectivity index (χ3v) is 9.23. The summed E-state index contributed by atoms with van der Waals surface area (Å²) in [4.78, 5) is 4.66. The summed E-state index contributed by atoms with van der Waals surface area (Å²) in [5, 5.41) is 0. The lowest BCUT2D eigenvalue weighted by molar-refractivity contribution is 0.402. The van der Waals surface area contributed by atoms with Gasteiger partial charge in [-0.2, -0.15) is 0 Å². The molecule has 0 saturated heterocycles. The summed E-state index contributed by atoms with van der Waals surface area (Å²) in [7, 11) is 0. The van der Waals surface area contributed by atoms with Crippen molar-refractivity contribution < 1.29 is 9.47 Å². The van der Waals surface area contributed by atoms with E-state index in [0.29, 0.717) is 5.88 Å². The molecule has 3 nitrogen and oxygen atoms in total. The van der Waals surface area contributed by atoms with Crippen molar-refractivity contribution in [3.63, 3.8) is 0 Å². The normalized spacial score (nSPS) is 22.2. The van der Waals surface area contributed by atoms with Gasteiger partial charge in [0.2, 0.25) is 5.88 Å². The molecule has 4 aliphatic rings. The van der Waals surface area contributed by atoms with Gasteiger partial charge in [-0.25, -0.2) is 4.98 Å². The molecule has 1 aromatic heterocycles. The number of hydrogen-bond acceptors (Lipinski definition) is 3. The summed E-state index contributed by atoms with van der Waals surface area (Å²) in [5.74, 6) is 3.48. The van der Waals surface area contributed by atoms with Crippen LogP contribution in [0.4, 0.5) is 0 Å². The summed E-state index contributed by atoms with van der Waals surface area (Å²) in [6.45, 7) is 19.0. The molecule has 178 valence electrons. The molecule has 0 radical (unpaired) electrons. The lowest BCUT2D eigenvalue weighted by Crippen LogP contribution is -2.58. The van der Waals surface area contributed by atoms with Crippen molar-refractivity contribution in [1.82, 2.24) is 4.98 Å². The van der Waals surface area contributed by atoms with Crippen LogP contribution in [0, 0.1) is 0 Å².